The van der Waals surface area contributed by atoms with E-state index < -0.39 is 0 Å². The van der Waals surface area contributed by atoms with Crippen LogP contribution < -0.4 is 10.1 Å². The van der Waals surface area contributed by atoms with Crippen LogP contribution in [0.4, 0.5) is 0 Å². The highest BCUT2D eigenvalue weighted by atomic mass is 16.5. The van der Waals surface area contributed by atoms with Crippen molar-refractivity contribution in [2.24, 2.45) is 0 Å². The maximum absolute atomic E-state index is 12.8. The molecule has 0 atom stereocenters. The quantitative estimate of drug-likeness (QED) is 0.198. The molecule has 1 amide bonds. The Morgan fingerprint density at radius 3 is 2.73 bits per heavy atom. The fourth-order valence-electron chi connectivity index (χ4n) is 5.41. The Kier molecular flexibility index (Phi) is 7.45. The summed E-state index contributed by atoms with van der Waals surface area (Å²) >= 11 is 0. The van der Waals surface area contributed by atoms with Crippen LogP contribution in [0.15, 0.2) is 76.9 Å². The third-order valence-electron chi connectivity index (χ3n) is 7.32. The Bertz CT molecular complexity index is 1500. The maximum atomic E-state index is 12.8. The second kappa shape index (κ2) is 11.1. The minimum Gasteiger partial charge on any atom is -0.493 e. The number of furan rings is 1. The number of benzene rings is 3. The normalized spacial score (nSPS) is 14.1. The Hall–Kier alpha value is -3.79. The predicted molar refractivity (Wildman–Crippen MR) is 153 cm³/mol. The molecule has 0 aliphatic heterocycles. The Labute approximate surface area is 219 Å². The molecule has 0 bridgehead atoms. The molecule has 1 aromatic heterocycles. The number of nitrogens with one attached hydrogen (secondary N) is 1. The summed E-state index contributed by atoms with van der Waals surface area (Å²) < 4.78 is 12.2. The average molecular weight is 494 g/mol. The van der Waals surface area contributed by atoms with Crippen molar-refractivity contribution in [3.05, 3.63) is 83.6 Å². The zero-order valence-corrected chi connectivity index (χ0v) is 22.0. The number of fused-ring (bicyclic) bond motifs is 2. The van der Waals surface area contributed by atoms with Gasteiger partial charge in [0.2, 0.25) is 5.91 Å². The largest absolute Gasteiger partial charge is 0.493 e. The zero-order valence-electron chi connectivity index (χ0n) is 22.0. The van der Waals surface area contributed by atoms with E-state index in [2.05, 4.69) is 59.9 Å². The maximum Gasteiger partial charge on any atom is 0.244 e. The van der Waals surface area contributed by atoms with Gasteiger partial charge in [-0.15, -0.1) is 0 Å². The highest BCUT2D eigenvalue weighted by Gasteiger charge is 2.20. The number of carbonyl (C=O) groups is 1. The van der Waals surface area contributed by atoms with Crippen molar-refractivity contribution in [1.82, 2.24) is 5.32 Å². The van der Waals surface area contributed by atoms with Gasteiger partial charge in [0.1, 0.15) is 11.3 Å². The van der Waals surface area contributed by atoms with Crippen LogP contribution in [0.2, 0.25) is 0 Å². The first-order valence-electron chi connectivity index (χ1n) is 13.4. The molecule has 1 heterocycles. The lowest BCUT2D eigenvalue weighted by Gasteiger charge is -2.15. The lowest BCUT2D eigenvalue weighted by Crippen LogP contribution is -2.23. The van der Waals surface area contributed by atoms with Crippen LogP contribution >= 0.6 is 0 Å². The molecule has 37 heavy (non-hydrogen) atoms. The van der Waals surface area contributed by atoms with E-state index in [9.17, 15) is 4.79 Å². The van der Waals surface area contributed by atoms with E-state index in [1.54, 1.807) is 6.08 Å². The first-order chi connectivity index (χ1) is 18.1. The van der Waals surface area contributed by atoms with Gasteiger partial charge in [0.25, 0.3) is 0 Å². The minimum absolute atomic E-state index is 0.0735. The molecule has 0 saturated carbocycles. The zero-order chi connectivity index (χ0) is 25.8. The van der Waals surface area contributed by atoms with Gasteiger partial charge in [-0.2, -0.15) is 0 Å². The standard InChI is InChI=1S/C33H35NO3/c1-4-36-32-23(3)33-29(30(21-37-33)27-16-10-14-25-13-8-9-15-26(25)27)20-28(32)22(2)19-31(35)34-18-17-24-11-6-5-7-12-24/h8-11,13-16,19-21H,4-7,12,17-18H2,1-3H3,(H,34,35)/b22-19+. The van der Waals surface area contributed by atoms with Crippen LogP contribution in [-0.2, 0) is 4.79 Å². The van der Waals surface area contributed by atoms with Crippen molar-refractivity contribution in [3.8, 4) is 16.9 Å². The van der Waals surface area contributed by atoms with E-state index >= 15 is 0 Å². The molecule has 4 nitrogen and oxygen atoms in total. The van der Waals surface area contributed by atoms with Crippen molar-refractivity contribution >= 4 is 33.2 Å². The molecular weight excluding hydrogens is 458 g/mol. The molecule has 0 spiro atoms. The summed E-state index contributed by atoms with van der Waals surface area (Å²) in [5.74, 6) is 0.693. The van der Waals surface area contributed by atoms with Crippen LogP contribution in [0.1, 0.15) is 57.1 Å². The number of ether oxygens (including phenoxy) is 1. The molecule has 1 aliphatic rings. The van der Waals surface area contributed by atoms with Crippen LogP contribution in [0.3, 0.4) is 0 Å². The summed E-state index contributed by atoms with van der Waals surface area (Å²) in [7, 11) is 0. The van der Waals surface area contributed by atoms with Gasteiger partial charge in [-0.05, 0) is 80.9 Å². The summed E-state index contributed by atoms with van der Waals surface area (Å²) in [5, 5.41) is 6.46. The van der Waals surface area contributed by atoms with Crippen molar-refractivity contribution < 1.29 is 13.9 Å². The van der Waals surface area contributed by atoms with Gasteiger partial charge < -0.3 is 14.5 Å². The van der Waals surface area contributed by atoms with Crippen molar-refractivity contribution in [2.75, 3.05) is 13.2 Å². The molecule has 1 N–H and O–H groups in total. The van der Waals surface area contributed by atoms with Crippen LogP contribution in [0.5, 0.6) is 5.75 Å². The average Bonchev–Trinajstić information content (AvgIpc) is 3.34. The molecule has 4 aromatic rings. The summed E-state index contributed by atoms with van der Waals surface area (Å²) in [5.41, 5.74) is 7.17. The highest BCUT2D eigenvalue weighted by Crippen LogP contribution is 2.42. The number of rotatable bonds is 8. The highest BCUT2D eigenvalue weighted by molar-refractivity contribution is 6.07. The monoisotopic (exact) mass is 493 g/mol. The first-order valence-corrected chi connectivity index (χ1v) is 13.4. The topological polar surface area (TPSA) is 51.5 Å². The minimum atomic E-state index is -0.0735. The van der Waals surface area contributed by atoms with Gasteiger partial charge in [-0.1, -0.05) is 54.1 Å². The molecule has 3 aromatic carbocycles. The van der Waals surface area contributed by atoms with Crippen LogP contribution in [0, 0.1) is 6.92 Å². The van der Waals surface area contributed by atoms with Crippen LogP contribution in [-0.4, -0.2) is 19.1 Å². The molecule has 0 unspecified atom stereocenters. The number of hydrogen-bond acceptors (Lipinski definition) is 3. The Morgan fingerprint density at radius 1 is 1.08 bits per heavy atom. The lowest BCUT2D eigenvalue weighted by molar-refractivity contribution is -0.116. The fourth-order valence-corrected chi connectivity index (χ4v) is 5.41. The van der Waals surface area contributed by atoms with E-state index in [1.165, 1.54) is 35.6 Å². The number of hydrogen-bond donors (Lipinski definition) is 1. The molecule has 0 saturated heterocycles. The van der Waals surface area contributed by atoms with E-state index in [0.29, 0.717) is 13.2 Å². The molecule has 4 heteroatoms. The number of allylic oxidation sites excluding steroid dienone is 2. The summed E-state index contributed by atoms with van der Waals surface area (Å²) in [6.45, 7) is 7.17. The molecule has 0 radical (unpaired) electrons. The molecule has 0 fully saturated rings. The van der Waals surface area contributed by atoms with Crippen molar-refractivity contribution in [2.45, 2.75) is 52.9 Å². The van der Waals surface area contributed by atoms with E-state index in [1.807, 2.05) is 27.0 Å². The number of amides is 1. The second-order valence-electron chi connectivity index (χ2n) is 9.84. The Morgan fingerprint density at radius 2 is 1.92 bits per heavy atom. The van der Waals surface area contributed by atoms with E-state index in [0.717, 1.165) is 57.4 Å². The number of aryl methyl sites for hydroxylation is 1. The van der Waals surface area contributed by atoms with Gasteiger partial charge in [0, 0.05) is 34.7 Å². The SMILES string of the molecule is CCOc1c(/C(C)=C/C(=O)NCCC2=CCCCC2)cc2c(-c3cccc4ccccc34)coc2c1C. The smallest absolute Gasteiger partial charge is 0.244 e. The molecular formula is C33H35NO3. The first kappa shape index (κ1) is 24.9. The molecule has 5 rings (SSSR count). The Balaban J connectivity index is 1.50. The van der Waals surface area contributed by atoms with Gasteiger partial charge >= 0.3 is 0 Å². The molecule has 190 valence electrons. The lowest BCUT2D eigenvalue weighted by atomic mass is 9.94. The van der Waals surface area contributed by atoms with E-state index in [-0.39, 0.29) is 5.91 Å². The third-order valence-corrected chi connectivity index (χ3v) is 7.32. The third kappa shape index (κ3) is 5.20. The second-order valence-corrected chi connectivity index (χ2v) is 9.84. The summed E-state index contributed by atoms with van der Waals surface area (Å²) in [4.78, 5) is 12.8. The summed E-state index contributed by atoms with van der Waals surface area (Å²) in [6, 6.07) is 16.8. The van der Waals surface area contributed by atoms with Gasteiger partial charge in [0.15, 0.2) is 0 Å². The predicted octanol–water partition coefficient (Wildman–Crippen LogP) is 8.37. The fraction of sp³-hybridized carbons (Fsp3) is 0.303. The van der Waals surface area contributed by atoms with Crippen LogP contribution in [0.25, 0.3) is 38.4 Å². The van der Waals surface area contributed by atoms with Gasteiger partial charge in [-0.25, -0.2) is 0 Å². The van der Waals surface area contributed by atoms with Gasteiger partial charge in [0.05, 0.1) is 12.9 Å². The van der Waals surface area contributed by atoms with Gasteiger partial charge in [-0.3, -0.25) is 4.79 Å². The van der Waals surface area contributed by atoms with E-state index in [4.69, 9.17) is 9.15 Å². The van der Waals surface area contributed by atoms with Crippen molar-refractivity contribution in [3.63, 3.8) is 0 Å². The molecule has 1 aliphatic carbocycles. The van der Waals surface area contributed by atoms with Crippen molar-refractivity contribution in [1.29, 1.82) is 0 Å². The number of carbonyl (C=O) groups excluding carboxylic acids is 1. The summed E-state index contributed by atoms with van der Waals surface area (Å²) in [6.07, 6.45) is 11.7.